The van der Waals surface area contributed by atoms with Gasteiger partial charge in [0, 0.05) is 32.6 Å². The number of piperidine rings is 1. The van der Waals surface area contributed by atoms with Crippen LogP contribution in [0.5, 0.6) is 0 Å². The van der Waals surface area contributed by atoms with Crippen LogP contribution >= 0.6 is 11.8 Å². The van der Waals surface area contributed by atoms with Crippen LogP contribution in [0.3, 0.4) is 0 Å². The number of amides is 2. The number of nitrogens with one attached hydrogen (secondary N) is 1. The van der Waals surface area contributed by atoms with Gasteiger partial charge in [-0.05, 0) is 25.0 Å². The molecule has 1 atom stereocenters. The zero-order chi connectivity index (χ0) is 17.0. The van der Waals surface area contributed by atoms with Gasteiger partial charge in [-0.15, -0.1) is 11.8 Å². The quantitative estimate of drug-likeness (QED) is 0.831. The molecule has 1 aliphatic heterocycles. The van der Waals surface area contributed by atoms with Crippen molar-refractivity contribution >= 4 is 23.6 Å². The summed E-state index contributed by atoms with van der Waals surface area (Å²) in [6, 6.07) is 0. The van der Waals surface area contributed by atoms with Crippen LogP contribution in [0.25, 0.3) is 0 Å². The van der Waals surface area contributed by atoms with Gasteiger partial charge >= 0.3 is 0 Å². The number of hydrogen-bond acceptors (Lipinski definition) is 4. The van der Waals surface area contributed by atoms with E-state index in [4.69, 9.17) is 0 Å². The molecule has 1 N–H and O–H groups in total. The molecule has 0 radical (unpaired) electrons. The van der Waals surface area contributed by atoms with Crippen molar-refractivity contribution in [2.45, 2.75) is 31.7 Å². The molecule has 1 aromatic rings. The molecule has 0 bridgehead atoms. The lowest BCUT2D eigenvalue weighted by atomic mass is 9.97. The molecule has 1 fully saturated rings. The summed E-state index contributed by atoms with van der Waals surface area (Å²) in [5, 5.41) is 8.07. The molecule has 2 rings (SSSR count). The predicted molar refractivity (Wildman–Crippen MR) is 91.5 cm³/mol. The van der Waals surface area contributed by atoms with Gasteiger partial charge in [0.25, 0.3) is 5.91 Å². The maximum absolute atomic E-state index is 12.8. The standard InChI is InChI=1S/C16H26N4O2S/c1-11(2)14(21)17-8-12-6-5-7-20(10-12)15(22)13-9-18-19(3)16(13)23-4/h9,11-12H,5-8,10H2,1-4H3,(H,17,21). The first-order chi connectivity index (χ1) is 10.9. The van der Waals surface area contributed by atoms with E-state index in [0.717, 1.165) is 24.4 Å². The molecule has 2 amide bonds. The molecule has 0 aromatic carbocycles. The highest BCUT2D eigenvalue weighted by molar-refractivity contribution is 7.98. The summed E-state index contributed by atoms with van der Waals surface area (Å²) in [6.07, 6.45) is 5.62. The van der Waals surface area contributed by atoms with Crippen molar-refractivity contribution in [3.63, 3.8) is 0 Å². The molecule has 23 heavy (non-hydrogen) atoms. The topological polar surface area (TPSA) is 67.2 Å². The fourth-order valence-electron chi connectivity index (χ4n) is 2.85. The number of hydrogen-bond donors (Lipinski definition) is 1. The van der Waals surface area contributed by atoms with E-state index in [-0.39, 0.29) is 17.7 Å². The molecule has 1 saturated heterocycles. The van der Waals surface area contributed by atoms with E-state index in [1.54, 1.807) is 10.9 Å². The van der Waals surface area contributed by atoms with Gasteiger partial charge in [-0.25, -0.2) is 0 Å². The van der Waals surface area contributed by atoms with Crippen molar-refractivity contribution in [1.82, 2.24) is 20.0 Å². The zero-order valence-electron chi connectivity index (χ0n) is 14.3. The molecule has 0 saturated carbocycles. The Kier molecular flexibility index (Phi) is 6.10. The molecule has 0 spiro atoms. The van der Waals surface area contributed by atoms with E-state index in [1.165, 1.54) is 11.8 Å². The largest absolute Gasteiger partial charge is 0.356 e. The minimum absolute atomic E-state index is 0.00384. The third-order valence-corrected chi connectivity index (χ3v) is 5.07. The van der Waals surface area contributed by atoms with Crippen molar-refractivity contribution in [3.05, 3.63) is 11.8 Å². The van der Waals surface area contributed by atoms with Gasteiger partial charge in [-0.1, -0.05) is 13.8 Å². The van der Waals surface area contributed by atoms with Crippen LogP contribution in [0.4, 0.5) is 0 Å². The molecular formula is C16H26N4O2S. The summed E-state index contributed by atoms with van der Waals surface area (Å²) in [4.78, 5) is 26.4. The molecule has 1 aliphatic rings. The van der Waals surface area contributed by atoms with E-state index in [9.17, 15) is 9.59 Å². The Morgan fingerprint density at radius 3 is 2.87 bits per heavy atom. The average molecular weight is 338 g/mol. The minimum Gasteiger partial charge on any atom is -0.356 e. The van der Waals surface area contributed by atoms with Crippen LogP contribution in [-0.4, -0.2) is 52.4 Å². The first-order valence-electron chi connectivity index (χ1n) is 8.07. The van der Waals surface area contributed by atoms with E-state index < -0.39 is 0 Å². The van der Waals surface area contributed by atoms with Gasteiger partial charge in [0.1, 0.15) is 5.03 Å². The highest BCUT2D eigenvalue weighted by Gasteiger charge is 2.27. The Morgan fingerprint density at radius 1 is 1.48 bits per heavy atom. The van der Waals surface area contributed by atoms with Gasteiger partial charge in [0.2, 0.25) is 5.91 Å². The van der Waals surface area contributed by atoms with Crippen molar-refractivity contribution < 1.29 is 9.59 Å². The summed E-state index contributed by atoms with van der Waals surface area (Å²) in [7, 11) is 1.85. The van der Waals surface area contributed by atoms with Crippen LogP contribution in [0.2, 0.25) is 0 Å². The normalized spacial score (nSPS) is 18.3. The second-order valence-electron chi connectivity index (χ2n) is 6.35. The molecule has 128 valence electrons. The summed E-state index contributed by atoms with van der Waals surface area (Å²) in [6.45, 7) is 5.88. The SMILES string of the molecule is CSc1c(C(=O)N2CCCC(CNC(=O)C(C)C)C2)cnn1C. The number of carbonyl (C=O) groups excluding carboxylic acids is 2. The van der Waals surface area contributed by atoms with Crippen molar-refractivity contribution in [3.8, 4) is 0 Å². The summed E-state index contributed by atoms with van der Waals surface area (Å²) in [5.41, 5.74) is 0.673. The molecule has 7 heteroatoms. The van der Waals surface area contributed by atoms with Crippen molar-refractivity contribution in [2.24, 2.45) is 18.9 Å². The van der Waals surface area contributed by atoms with E-state index in [0.29, 0.717) is 24.6 Å². The Balaban J connectivity index is 1.97. The van der Waals surface area contributed by atoms with Gasteiger partial charge in [0.05, 0.1) is 11.8 Å². The number of nitrogens with zero attached hydrogens (tertiary/aromatic N) is 3. The molecule has 1 aromatic heterocycles. The number of aryl methyl sites for hydroxylation is 1. The molecule has 0 aliphatic carbocycles. The van der Waals surface area contributed by atoms with Crippen molar-refractivity contribution in [1.29, 1.82) is 0 Å². The average Bonchev–Trinajstić information content (AvgIpc) is 2.92. The first kappa shape index (κ1) is 17.8. The van der Waals surface area contributed by atoms with Crippen LogP contribution in [0.15, 0.2) is 11.2 Å². The Labute approximate surface area is 142 Å². The lowest BCUT2D eigenvalue weighted by Crippen LogP contribution is -2.44. The highest BCUT2D eigenvalue weighted by Crippen LogP contribution is 2.23. The van der Waals surface area contributed by atoms with E-state index in [2.05, 4.69) is 10.4 Å². The lowest BCUT2D eigenvalue weighted by Gasteiger charge is -2.33. The number of thioether (sulfide) groups is 1. The third-order valence-electron chi connectivity index (χ3n) is 4.20. The van der Waals surface area contributed by atoms with Gasteiger partial charge in [0.15, 0.2) is 0 Å². The van der Waals surface area contributed by atoms with E-state index >= 15 is 0 Å². The number of aromatic nitrogens is 2. The smallest absolute Gasteiger partial charge is 0.258 e. The second-order valence-corrected chi connectivity index (χ2v) is 7.15. The number of rotatable bonds is 5. The first-order valence-corrected chi connectivity index (χ1v) is 9.29. The minimum atomic E-state index is -0.00384. The summed E-state index contributed by atoms with van der Waals surface area (Å²) >= 11 is 1.54. The van der Waals surface area contributed by atoms with Crippen molar-refractivity contribution in [2.75, 3.05) is 25.9 Å². The number of likely N-dealkylation sites (tertiary alicyclic amines) is 1. The maximum atomic E-state index is 12.8. The van der Waals surface area contributed by atoms with Gasteiger partial charge in [-0.2, -0.15) is 5.10 Å². The van der Waals surface area contributed by atoms with Crippen LogP contribution in [-0.2, 0) is 11.8 Å². The Bertz CT molecular complexity index is 570. The number of carbonyl (C=O) groups is 2. The molecule has 6 nitrogen and oxygen atoms in total. The van der Waals surface area contributed by atoms with Gasteiger partial charge < -0.3 is 10.2 Å². The summed E-state index contributed by atoms with van der Waals surface area (Å²) < 4.78 is 1.74. The zero-order valence-corrected chi connectivity index (χ0v) is 15.2. The predicted octanol–water partition coefficient (Wildman–Crippen LogP) is 1.77. The summed E-state index contributed by atoms with van der Waals surface area (Å²) in [5.74, 6) is 0.438. The maximum Gasteiger partial charge on any atom is 0.258 e. The van der Waals surface area contributed by atoms with Crippen LogP contribution in [0, 0.1) is 11.8 Å². The fourth-order valence-corrected chi connectivity index (χ4v) is 3.52. The second kappa shape index (κ2) is 7.86. The third kappa shape index (κ3) is 4.28. The Hall–Kier alpha value is -1.50. The Morgan fingerprint density at radius 2 is 2.22 bits per heavy atom. The van der Waals surface area contributed by atoms with Crippen LogP contribution < -0.4 is 5.32 Å². The van der Waals surface area contributed by atoms with E-state index in [1.807, 2.05) is 32.1 Å². The fraction of sp³-hybridized carbons (Fsp3) is 0.688. The highest BCUT2D eigenvalue weighted by atomic mass is 32.2. The van der Waals surface area contributed by atoms with Gasteiger partial charge in [-0.3, -0.25) is 14.3 Å². The monoisotopic (exact) mass is 338 g/mol. The van der Waals surface area contributed by atoms with Crippen LogP contribution in [0.1, 0.15) is 37.0 Å². The molecule has 1 unspecified atom stereocenters. The lowest BCUT2D eigenvalue weighted by molar-refractivity contribution is -0.124. The molecular weight excluding hydrogens is 312 g/mol. The molecule has 2 heterocycles.